The van der Waals surface area contributed by atoms with Gasteiger partial charge in [0.15, 0.2) is 11.6 Å². The molecule has 30 heavy (non-hydrogen) atoms. The lowest BCUT2D eigenvalue weighted by molar-refractivity contribution is -0.274. The van der Waals surface area contributed by atoms with Gasteiger partial charge in [-0.3, -0.25) is 4.79 Å². The van der Waals surface area contributed by atoms with E-state index in [0.29, 0.717) is 17.2 Å². The minimum absolute atomic E-state index is 0.0187. The van der Waals surface area contributed by atoms with Gasteiger partial charge < -0.3 is 20.4 Å². The van der Waals surface area contributed by atoms with Crippen molar-refractivity contribution in [3.8, 4) is 17.0 Å². The van der Waals surface area contributed by atoms with Crippen LogP contribution in [0.25, 0.3) is 11.3 Å². The first-order valence-corrected chi connectivity index (χ1v) is 10.1. The number of carbonyl (C=O) groups is 1. The van der Waals surface area contributed by atoms with Crippen LogP contribution in [0.5, 0.6) is 5.75 Å². The maximum Gasteiger partial charge on any atom is 0.573 e. The summed E-state index contributed by atoms with van der Waals surface area (Å²) in [6.07, 6.45) is 4.15. The zero-order valence-electron chi connectivity index (χ0n) is 16.6. The summed E-state index contributed by atoms with van der Waals surface area (Å²) in [7, 11) is 0. The summed E-state index contributed by atoms with van der Waals surface area (Å²) in [5.41, 5.74) is 6.52. The highest BCUT2D eigenvalue weighted by Crippen LogP contribution is 2.43. The van der Waals surface area contributed by atoms with E-state index in [2.05, 4.69) is 19.6 Å². The number of carbonyl (C=O) groups excluding carboxylic acids is 1. The lowest BCUT2D eigenvalue weighted by atomic mass is 9.91. The number of halogens is 3. The van der Waals surface area contributed by atoms with E-state index in [0.717, 1.165) is 44.3 Å². The zero-order valence-corrected chi connectivity index (χ0v) is 16.6. The van der Waals surface area contributed by atoms with Crippen molar-refractivity contribution in [3.05, 3.63) is 24.3 Å². The summed E-state index contributed by atoms with van der Waals surface area (Å²) < 4.78 is 44.1. The molecule has 0 aliphatic heterocycles. The summed E-state index contributed by atoms with van der Waals surface area (Å²) in [4.78, 5) is 19.9. The van der Waals surface area contributed by atoms with Crippen LogP contribution in [0.4, 0.5) is 19.0 Å². The first-order valence-electron chi connectivity index (χ1n) is 10.1. The number of pyridine rings is 1. The number of ether oxygens (including phenoxy) is 1. The zero-order chi connectivity index (χ0) is 21.5. The van der Waals surface area contributed by atoms with Gasteiger partial charge in [0.25, 0.3) is 0 Å². The second-order valence-electron chi connectivity index (χ2n) is 8.03. The van der Waals surface area contributed by atoms with Crippen molar-refractivity contribution >= 4 is 11.7 Å². The van der Waals surface area contributed by atoms with Gasteiger partial charge >= 0.3 is 6.36 Å². The monoisotopic (exact) mass is 423 g/mol. The molecule has 10 heteroatoms. The van der Waals surface area contributed by atoms with Gasteiger partial charge in [0, 0.05) is 42.9 Å². The van der Waals surface area contributed by atoms with E-state index < -0.39 is 12.1 Å². The van der Waals surface area contributed by atoms with Crippen LogP contribution < -0.4 is 15.8 Å². The van der Waals surface area contributed by atoms with Crippen molar-refractivity contribution in [2.24, 2.45) is 0 Å². The molecule has 0 saturated heterocycles. The molecule has 162 valence electrons. The fraction of sp³-hybridized carbons (Fsp3) is 0.550. The Morgan fingerprint density at radius 3 is 2.53 bits per heavy atom. The Morgan fingerprint density at radius 2 is 1.93 bits per heavy atom. The van der Waals surface area contributed by atoms with E-state index in [-0.39, 0.29) is 23.8 Å². The summed E-state index contributed by atoms with van der Waals surface area (Å²) in [5.74, 6) is 0.463. The van der Waals surface area contributed by atoms with Crippen molar-refractivity contribution in [1.29, 1.82) is 0 Å². The highest BCUT2D eigenvalue weighted by Gasteiger charge is 2.34. The van der Waals surface area contributed by atoms with Crippen LogP contribution in [0.1, 0.15) is 63.2 Å². The molecule has 2 aliphatic rings. The SMILES string of the molecule is CC(=O)NC1CCC(n2cc(-c3cnc(N)c(OC(F)(F)F)c3)nc2C2CC2)CC1. The number of alkyl halides is 3. The van der Waals surface area contributed by atoms with Gasteiger partial charge in [0.05, 0.1) is 5.69 Å². The summed E-state index contributed by atoms with van der Waals surface area (Å²) >= 11 is 0. The molecule has 2 fully saturated rings. The van der Waals surface area contributed by atoms with E-state index in [1.165, 1.54) is 19.2 Å². The largest absolute Gasteiger partial charge is 0.573 e. The van der Waals surface area contributed by atoms with E-state index >= 15 is 0 Å². The van der Waals surface area contributed by atoms with Crippen molar-refractivity contribution in [2.45, 2.75) is 69.8 Å². The molecule has 3 N–H and O–H groups in total. The van der Waals surface area contributed by atoms with Crippen molar-refractivity contribution in [3.63, 3.8) is 0 Å². The van der Waals surface area contributed by atoms with E-state index in [4.69, 9.17) is 10.7 Å². The molecular weight excluding hydrogens is 399 g/mol. The van der Waals surface area contributed by atoms with Crippen LogP contribution in [-0.4, -0.2) is 32.8 Å². The van der Waals surface area contributed by atoms with Crippen LogP contribution in [0.2, 0.25) is 0 Å². The highest BCUT2D eigenvalue weighted by molar-refractivity contribution is 5.73. The number of nitrogen functional groups attached to an aromatic ring is 1. The Labute approximate surface area is 171 Å². The average Bonchev–Trinajstić information content (AvgIpc) is 3.41. The normalized spacial score (nSPS) is 22.0. The molecule has 0 bridgehead atoms. The molecule has 2 aromatic rings. The standard InChI is InChI=1S/C20H24F3N5O2/c1-11(29)26-14-4-6-15(7-5-14)28-10-16(27-19(28)12-2-3-12)13-8-17(18(24)25-9-13)30-20(21,22)23/h8-10,12,14-15H,2-7H2,1H3,(H2,24,25)(H,26,29). The second-order valence-corrected chi connectivity index (χ2v) is 8.03. The van der Waals surface area contributed by atoms with Crippen molar-refractivity contribution in [1.82, 2.24) is 19.9 Å². The molecule has 0 aromatic carbocycles. The topological polar surface area (TPSA) is 95.1 Å². The fourth-order valence-electron chi connectivity index (χ4n) is 4.07. The number of aromatic nitrogens is 3. The Hall–Kier alpha value is -2.78. The molecule has 4 rings (SSSR count). The maximum absolute atomic E-state index is 12.6. The molecule has 0 radical (unpaired) electrons. The molecule has 0 unspecified atom stereocenters. The van der Waals surface area contributed by atoms with E-state index in [1.54, 1.807) is 0 Å². The average molecular weight is 423 g/mol. The predicted molar refractivity (Wildman–Crippen MR) is 104 cm³/mol. The minimum atomic E-state index is -4.85. The van der Waals surface area contributed by atoms with E-state index in [9.17, 15) is 18.0 Å². The Balaban J connectivity index is 1.58. The van der Waals surface area contributed by atoms with Gasteiger partial charge in [0.2, 0.25) is 5.91 Å². The number of imidazole rings is 1. The third kappa shape index (κ3) is 4.68. The quantitative estimate of drug-likeness (QED) is 0.760. The molecule has 0 atom stereocenters. The number of rotatable bonds is 5. The van der Waals surface area contributed by atoms with Crippen molar-refractivity contribution < 1.29 is 22.7 Å². The number of hydrogen-bond donors (Lipinski definition) is 2. The second kappa shape index (κ2) is 7.81. The lowest BCUT2D eigenvalue weighted by Crippen LogP contribution is -2.36. The van der Waals surface area contributed by atoms with Gasteiger partial charge in [-0.25, -0.2) is 9.97 Å². The molecule has 2 aromatic heterocycles. The third-order valence-electron chi connectivity index (χ3n) is 5.60. The number of nitrogens with two attached hydrogens (primary N) is 1. The Kier molecular flexibility index (Phi) is 5.33. The van der Waals surface area contributed by atoms with Crippen molar-refractivity contribution in [2.75, 3.05) is 5.73 Å². The smallest absolute Gasteiger partial charge is 0.402 e. The van der Waals surface area contributed by atoms with Crippen LogP contribution in [-0.2, 0) is 4.79 Å². The minimum Gasteiger partial charge on any atom is -0.402 e. The van der Waals surface area contributed by atoms with Gasteiger partial charge in [-0.2, -0.15) is 0 Å². The van der Waals surface area contributed by atoms with Crippen LogP contribution in [0.3, 0.4) is 0 Å². The van der Waals surface area contributed by atoms with Gasteiger partial charge in [0.1, 0.15) is 5.82 Å². The maximum atomic E-state index is 12.6. The fourth-order valence-corrected chi connectivity index (χ4v) is 4.07. The van der Waals surface area contributed by atoms with Gasteiger partial charge in [-0.05, 0) is 44.6 Å². The Bertz CT molecular complexity index is 931. The number of hydrogen-bond acceptors (Lipinski definition) is 5. The molecule has 1 amide bonds. The summed E-state index contributed by atoms with van der Waals surface area (Å²) in [5, 5.41) is 2.97. The summed E-state index contributed by atoms with van der Waals surface area (Å²) in [6.45, 7) is 1.52. The number of anilines is 1. The highest BCUT2D eigenvalue weighted by atomic mass is 19.4. The Morgan fingerprint density at radius 1 is 1.23 bits per heavy atom. The molecule has 2 saturated carbocycles. The predicted octanol–water partition coefficient (Wildman–Crippen LogP) is 3.92. The third-order valence-corrected chi connectivity index (χ3v) is 5.60. The van der Waals surface area contributed by atoms with Crippen LogP contribution in [0, 0.1) is 0 Å². The molecular formula is C20H24F3N5O2. The first kappa shape index (κ1) is 20.5. The molecule has 2 heterocycles. The van der Waals surface area contributed by atoms with Crippen LogP contribution >= 0.6 is 0 Å². The van der Waals surface area contributed by atoms with Crippen LogP contribution in [0.15, 0.2) is 18.5 Å². The molecule has 0 spiro atoms. The van der Waals surface area contributed by atoms with E-state index in [1.807, 2.05) is 6.20 Å². The number of nitrogens with one attached hydrogen (secondary N) is 1. The van der Waals surface area contributed by atoms with Gasteiger partial charge in [-0.15, -0.1) is 13.2 Å². The summed E-state index contributed by atoms with van der Waals surface area (Å²) in [6, 6.07) is 1.67. The number of amides is 1. The first-order chi connectivity index (χ1) is 14.2. The lowest BCUT2D eigenvalue weighted by Gasteiger charge is -2.30. The number of nitrogens with zero attached hydrogens (tertiary/aromatic N) is 3. The van der Waals surface area contributed by atoms with Gasteiger partial charge in [-0.1, -0.05) is 0 Å². The molecule has 7 nitrogen and oxygen atoms in total. The molecule has 2 aliphatic carbocycles.